The van der Waals surface area contributed by atoms with Gasteiger partial charge in [0.2, 0.25) is 17.7 Å². The molecule has 8 heteroatoms. The fourth-order valence-corrected chi connectivity index (χ4v) is 5.25. The average Bonchev–Trinajstić information content (AvgIpc) is 3.01. The molecule has 0 aliphatic carbocycles. The number of hydrogen-bond donors (Lipinski definition) is 1. The van der Waals surface area contributed by atoms with E-state index < -0.39 is 35.6 Å². The van der Waals surface area contributed by atoms with Crippen molar-refractivity contribution in [1.29, 1.82) is 0 Å². The molecule has 4 aliphatic heterocycles. The van der Waals surface area contributed by atoms with Crippen LogP contribution in [0.4, 0.5) is 0 Å². The molecule has 6 atom stereocenters. The van der Waals surface area contributed by atoms with Gasteiger partial charge >= 0.3 is 0 Å². The van der Waals surface area contributed by atoms with E-state index in [2.05, 4.69) is 0 Å². The van der Waals surface area contributed by atoms with E-state index in [0.717, 1.165) is 0 Å². The van der Waals surface area contributed by atoms with Gasteiger partial charge in [0.1, 0.15) is 11.6 Å². The maximum atomic E-state index is 13.6. The number of ether oxygens (including phenoxy) is 1. The lowest BCUT2D eigenvalue weighted by Gasteiger charge is -2.38. The van der Waals surface area contributed by atoms with Crippen LogP contribution in [0.15, 0.2) is 24.3 Å². The lowest BCUT2D eigenvalue weighted by Crippen LogP contribution is -2.58. The van der Waals surface area contributed by atoms with E-state index in [1.807, 2.05) is 38.2 Å². The number of likely N-dealkylation sites (N-methyl/N-ethyl adjacent to an activating group) is 1. The summed E-state index contributed by atoms with van der Waals surface area (Å²) in [4.78, 5) is 45.2. The number of carbonyl (C=O) groups excluding carboxylic acids is 3. The third kappa shape index (κ3) is 2.69. The highest BCUT2D eigenvalue weighted by molar-refractivity contribution is 6.00. The smallest absolute Gasteiger partial charge is 0.249 e. The fraction of sp³-hybridized carbons (Fsp3) is 0.667. The molecule has 1 unspecified atom stereocenters. The zero-order valence-electron chi connectivity index (χ0n) is 17.3. The van der Waals surface area contributed by atoms with Crippen molar-refractivity contribution in [1.82, 2.24) is 14.7 Å². The second kappa shape index (κ2) is 6.95. The van der Waals surface area contributed by atoms with Gasteiger partial charge in [0.05, 0.1) is 30.6 Å². The summed E-state index contributed by atoms with van der Waals surface area (Å²) < 4.78 is 6.44. The number of carbonyl (C=O) groups is 3. The molecular formula is C21H29N3O5. The van der Waals surface area contributed by atoms with Gasteiger partial charge in [-0.25, -0.2) is 0 Å². The van der Waals surface area contributed by atoms with Crippen LogP contribution in [0, 0.1) is 11.8 Å². The van der Waals surface area contributed by atoms with Gasteiger partial charge < -0.3 is 24.5 Å². The minimum Gasteiger partial charge on any atom is -0.394 e. The Labute approximate surface area is 170 Å². The Morgan fingerprint density at radius 2 is 1.86 bits per heavy atom. The van der Waals surface area contributed by atoms with Crippen molar-refractivity contribution in [2.75, 3.05) is 26.7 Å². The van der Waals surface area contributed by atoms with Gasteiger partial charge in [0.15, 0.2) is 0 Å². The molecule has 0 aromatic heterocycles. The molecule has 2 saturated heterocycles. The zero-order valence-corrected chi connectivity index (χ0v) is 17.3. The molecule has 4 aliphatic rings. The number of aliphatic hydroxyl groups is 1. The highest BCUT2D eigenvalue weighted by atomic mass is 16.5. The highest BCUT2D eigenvalue weighted by Gasteiger charge is 2.72. The number of hydrogen-bond acceptors (Lipinski definition) is 5. The predicted octanol–water partition coefficient (Wildman–Crippen LogP) is -0.217. The molecule has 0 saturated carbocycles. The van der Waals surface area contributed by atoms with E-state index >= 15 is 0 Å². The van der Waals surface area contributed by atoms with Crippen molar-refractivity contribution in [3.8, 4) is 0 Å². The van der Waals surface area contributed by atoms with Crippen LogP contribution in [0.2, 0.25) is 0 Å². The van der Waals surface area contributed by atoms with Gasteiger partial charge in [-0.3, -0.25) is 14.4 Å². The number of rotatable bonds is 3. The normalized spacial score (nSPS) is 37.6. The topological polar surface area (TPSA) is 90.4 Å². The molecule has 0 radical (unpaired) electrons. The highest BCUT2D eigenvalue weighted by Crippen LogP contribution is 2.53. The summed E-state index contributed by atoms with van der Waals surface area (Å²) in [5, 5.41) is 9.80. The van der Waals surface area contributed by atoms with E-state index in [0.29, 0.717) is 13.1 Å². The van der Waals surface area contributed by atoms with E-state index in [-0.39, 0.29) is 30.4 Å². The van der Waals surface area contributed by atoms with Crippen molar-refractivity contribution in [2.24, 2.45) is 11.8 Å². The summed E-state index contributed by atoms with van der Waals surface area (Å²) in [6.07, 6.45) is 6.84. The number of likely N-dealkylation sites (tertiary alicyclic amines) is 1. The molecule has 0 aromatic carbocycles. The molecule has 1 N–H and O–H groups in total. The maximum Gasteiger partial charge on any atom is 0.249 e. The minimum atomic E-state index is -1.21. The minimum absolute atomic E-state index is 0.0534. The molecule has 0 bridgehead atoms. The summed E-state index contributed by atoms with van der Waals surface area (Å²) in [6, 6.07) is -1.51. The number of fused-ring (bicyclic) bond motifs is 2. The van der Waals surface area contributed by atoms with Crippen LogP contribution in [-0.4, -0.2) is 94.1 Å². The molecule has 1 spiro atoms. The second-order valence-electron chi connectivity index (χ2n) is 8.75. The van der Waals surface area contributed by atoms with Crippen molar-refractivity contribution >= 4 is 17.7 Å². The predicted molar refractivity (Wildman–Crippen MR) is 105 cm³/mol. The number of aliphatic hydroxyl groups excluding tert-OH is 1. The van der Waals surface area contributed by atoms with Gasteiger partial charge in [-0.1, -0.05) is 24.3 Å². The van der Waals surface area contributed by atoms with E-state index in [4.69, 9.17) is 4.74 Å². The number of nitrogens with zero attached hydrogens (tertiary/aromatic N) is 3. The molecule has 4 heterocycles. The van der Waals surface area contributed by atoms with Gasteiger partial charge in [0, 0.05) is 26.2 Å². The van der Waals surface area contributed by atoms with Crippen molar-refractivity contribution < 1.29 is 24.2 Å². The van der Waals surface area contributed by atoms with Crippen molar-refractivity contribution in [2.45, 2.75) is 50.6 Å². The van der Waals surface area contributed by atoms with Gasteiger partial charge in [-0.15, -0.1) is 0 Å². The van der Waals surface area contributed by atoms with Crippen molar-refractivity contribution in [3.63, 3.8) is 0 Å². The van der Waals surface area contributed by atoms with E-state index in [9.17, 15) is 19.5 Å². The van der Waals surface area contributed by atoms with Crippen LogP contribution in [0.1, 0.15) is 20.8 Å². The van der Waals surface area contributed by atoms with Gasteiger partial charge in [-0.2, -0.15) is 0 Å². The Balaban J connectivity index is 1.88. The quantitative estimate of drug-likeness (QED) is 0.658. The fourth-order valence-electron chi connectivity index (χ4n) is 5.25. The van der Waals surface area contributed by atoms with Crippen LogP contribution < -0.4 is 0 Å². The lowest BCUT2D eigenvalue weighted by molar-refractivity contribution is -0.151. The Hall–Kier alpha value is -2.19. The van der Waals surface area contributed by atoms with Gasteiger partial charge in [-0.05, 0) is 20.8 Å². The maximum absolute atomic E-state index is 13.6. The first kappa shape index (κ1) is 20.1. The molecule has 0 aromatic rings. The Kier molecular flexibility index (Phi) is 4.82. The standard InChI is InChI=1S/C21H29N3O5/c1-12(2)23-10-6-8-21-16(15-14(29-21)7-5-9-22(4)18(15)26)19(27)24(13(3)11-25)17(21)20(23)28/h5-8,12-17,25H,9-11H2,1-4H3/t13-,14-,15+,16+,17?,21+/m1/s1. The molecule has 4 rings (SSSR count). The first-order valence-electron chi connectivity index (χ1n) is 10.2. The molecule has 158 valence electrons. The van der Waals surface area contributed by atoms with E-state index in [1.54, 1.807) is 23.8 Å². The molecule has 2 fully saturated rings. The summed E-state index contributed by atoms with van der Waals surface area (Å²) in [7, 11) is 1.71. The summed E-state index contributed by atoms with van der Waals surface area (Å²) in [5.74, 6) is -2.14. The van der Waals surface area contributed by atoms with Crippen LogP contribution in [0.25, 0.3) is 0 Å². The molecular weight excluding hydrogens is 374 g/mol. The summed E-state index contributed by atoms with van der Waals surface area (Å²) >= 11 is 0. The monoisotopic (exact) mass is 403 g/mol. The first-order valence-corrected chi connectivity index (χ1v) is 10.2. The zero-order chi connectivity index (χ0) is 21.1. The Morgan fingerprint density at radius 3 is 2.52 bits per heavy atom. The van der Waals surface area contributed by atoms with Crippen LogP contribution >= 0.6 is 0 Å². The van der Waals surface area contributed by atoms with Crippen molar-refractivity contribution in [3.05, 3.63) is 24.3 Å². The third-order valence-corrected chi connectivity index (χ3v) is 6.69. The lowest BCUT2D eigenvalue weighted by atomic mass is 9.77. The Morgan fingerprint density at radius 1 is 1.14 bits per heavy atom. The largest absolute Gasteiger partial charge is 0.394 e. The third-order valence-electron chi connectivity index (χ3n) is 6.69. The van der Waals surface area contributed by atoms with Crippen LogP contribution in [0.3, 0.4) is 0 Å². The molecule has 8 nitrogen and oxygen atoms in total. The van der Waals surface area contributed by atoms with E-state index in [1.165, 1.54) is 4.90 Å². The average molecular weight is 403 g/mol. The Bertz CT molecular complexity index is 793. The molecule has 29 heavy (non-hydrogen) atoms. The molecule has 3 amide bonds. The summed E-state index contributed by atoms with van der Waals surface area (Å²) in [6.45, 7) is 6.17. The first-order chi connectivity index (χ1) is 13.7. The number of amides is 3. The van der Waals surface area contributed by atoms with Crippen LogP contribution in [0.5, 0.6) is 0 Å². The van der Waals surface area contributed by atoms with Gasteiger partial charge in [0.25, 0.3) is 0 Å². The SMILES string of the molecule is CC(C)N1CC=C[C@]23O[C@@H]4C=CCN(C)C(=O)[C@@H]4[C@H]2C(=O)N([C@H](C)CO)C3C1=O. The second-order valence-corrected chi connectivity index (χ2v) is 8.75. The summed E-state index contributed by atoms with van der Waals surface area (Å²) in [5.41, 5.74) is -1.21. The van der Waals surface area contributed by atoms with Crippen LogP contribution in [-0.2, 0) is 19.1 Å².